The lowest BCUT2D eigenvalue weighted by atomic mass is 10.1. The second-order valence-electron chi connectivity index (χ2n) is 5.09. The molecule has 2 nitrogen and oxygen atoms in total. The van der Waals surface area contributed by atoms with Crippen molar-refractivity contribution in [3.63, 3.8) is 0 Å². The maximum Gasteiger partial charge on any atom is 0.00387 e. The lowest BCUT2D eigenvalue weighted by Crippen LogP contribution is -2.36. The monoisotopic (exact) mass is 214 g/mol. The van der Waals surface area contributed by atoms with Crippen molar-refractivity contribution in [3.05, 3.63) is 0 Å². The van der Waals surface area contributed by atoms with Gasteiger partial charge in [0.2, 0.25) is 0 Å². The first kappa shape index (κ1) is 14.9. The summed E-state index contributed by atoms with van der Waals surface area (Å²) in [4.78, 5) is 2.58. The van der Waals surface area contributed by atoms with E-state index in [2.05, 4.69) is 44.8 Å². The molecule has 0 spiro atoms. The minimum Gasteiger partial charge on any atom is -0.317 e. The van der Waals surface area contributed by atoms with E-state index in [1.54, 1.807) is 0 Å². The summed E-state index contributed by atoms with van der Waals surface area (Å²) in [6, 6.07) is 0.679. The van der Waals surface area contributed by atoms with Gasteiger partial charge in [0.25, 0.3) is 0 Å². The predicted molar refractivity (Wildman–Crippen MR) is 69.3 cm³/mol. The molecule has 0 amide bonds. The molecule has 0 radical (unpaired) electrons. The molecule has 0 fully saturated rings. The first-order valence-corrected chi connectivity index (χ1v) is 6.52. The summed E-state index contributed by atoms with van der Waals surface area (Å²) in [5, 5.41) is 3.46. The van der Waals surface area contributed by atoms with Gasteiger partial charge in [-0.05, 0) is 52.2 Å². The van der Waals surface area contributed by atoms with Gasteiger partial charge in [-0.2, -0.15) is 0 Å². The van der Waals surface area contributed by atoms with E-state index in [-0.39, 0.29) is 0 Å². The molecule has 0 aromatic rings. The predicted octanol–water partition coefficient (Wildman–Crippen LogP) is 2.74. The number of nitrogens with zero attached hydrogens (tertiary/aromatic N) is 1. The molecule has 92 valence electrons. The minimum atomic E-state index is 0.679. The molecule has 0 aromatic heterocycles. The van der Waals surface area contributed by atoms with Gasteiger partial charge >= 0.3 is 0 Å². The zero-order chi connectivity index (χ0) is 11.7. The van der Waals surface area contributed by atoms with Gasteiger partial charge in [-0.3, -0.25) is 0 Å². The summed E-state index contributed by atoms with van der Waals surface area (Å²) < 4.78 is 0. The van der Waals surface area contributed by atoms with Crippen LogP contribution < -0.4 is 5.32 Å². The van der Waals surface area contributed by atoms with Crippen LogP contribution in [0.15, 0.2) is 0 Å². The second kappa shape index (κ2) is 9.17. The van der Waals surface area contributed by atoms with Crippen molar-refractivity contribution >= 4 is 0 Å². The molecule has 1 N–H and O–H groups in total. The van der Waals surface area contributed by atoms with Gasteiger partial charge in [-0.1, -0.05) is 20.8 Å². The molecule has 0 aromatic carbocycles. The van der Waals surface area contributed by atoms with Crippen molar-refractivity contribution in [2.45, 2.75) is 53.5 Å². The fourth-order valence-corrected chi connectivity index (χ4v) is 1.74. The summed E-state index contributed by atoms with van der Waals surface area (Å²) in [7, 11) is 0. The van der Waals surface area contributed by atoms with Crippen molar-refractivity contribution in [2.24, 2.45) is 5.92 Å². The molecule has 0 heterocycles. The fraction of sp³-hybridized carbons (Fsp3) is 1.00. The average molecular weight is 214 g/mol. The second-order valence-corrected chi connectivity index (χ2v) is 5.09. The van der Waals surface area contributed by atoms with Gasteiger partial charge in [-0.15, -0.1) is 0 Å². The van der Waals surface area contributed by atoms with Crippen LogP contribution in [0.1, 0.15) is 47.5 Å². The van der Waals surface area contributed by atoms with Crippen molar-refractivity contribution in [1.82, 2.24) is 10.2 Å². The van der Waals surface area contributed by atoms with Crippen molar-refractivity contribution in [2.75, 3.05) is 26.2 Å². The van der Waals surface area contributed by atoms with E-state index in [0.29, 0.717) is 6.04 Å². The summed E-state index contributed by atoms with van der Waals surface area (Å²) in [6.07, 6.45) is 2.50. The molecule has 0 aliphatic heterocycles. The SMILES string of the molecule is CCCNCCCN(CC(C)C)C(C)C. The Morgan fingerprint density at radius 2 is 1.73 bits per heavy atom. The Bertz CT molecular complexity index is 132. The molecule has 0 rings (SSSR count). The third-order valence-corrected chi connectivity index (χ3v) is 2.56. The first-order chi connectivity index (χ1) is 7.07. The van der Waals surface area contributed by atoms with Crippen LogP contribution in [0.3, 0.4) is 0 Å². The highest BCUT2D eigenvalue weighted by Gasteiger charge is 2.09. The Morgan fingerprint density at radius 1 is 1.07 bits per heavy atom. The summed E-state index contributed by atoms with van der Waals surface area (Å²) in [6.45, 7) is 16.2. The van der Waals surface area contributed by atoms with Gasteiger partial charge in [0, 0.05) is 12.6 Å². The zero-order valence-electron chi connectivity index (χ0n) is 11.3. The van der Waals surface area contributed by atoms with Gasteiger partial charge in [0.15, 0.2) is 0 Å². The van der Waals surface area contributed by atoms with Crippen LogP contribution in [0, 0.1) is 5.92 Å². The van der Waals surface area contributed by atoms with Crippen LogP contribution in [0.4, 0.5) is 0 Å². The van der Waals surface area contributed by atoms with Crippen LogP contribution in [0.5, 0.6) is 0 Å². The van der Waals surface area contributed by atoms with E-state index in [1.807, 2.05) is 0 Å². The molecule has 15 heavy (non-hydrogen) atoms. The van der Waals surface area contributed by atoms with E-state index < -0.39 is 0 Å². The highest BCUT2D eigenvalue weighted by molar-refractivity contribution is 4.65. The molecule has 0 aliphatic rings. The maximum atomic E-state index is 3.46. The van der Waals surface area contributed by atoms with Crippen molar-refractivity contribution in [1.29, 1.82) is 0 Å². The number of hydrogen-bond donors (Lipinski definition) is 1. The highest BCUT2D eigenvalue weighted by Crippen LogP contribution is 2.04. The van der Waals surface area contributed by atoms with Crippen molar-refractivity contribution in [3.8, 4) is 0 Å². The van der Waals surface area contributed by atoms with Crippen molar-refractivity contribution < 1.29 is 0 Å². The number of rotatable bonds is 9. The fourth-order valence-electron chi connectivity index (χ4n) is 1.74. The molecule has 0 atom stereocenters. The van der Waals surface area contributed by atoms with E-state index >= 15 is 0 Å². The lowest BCUT2D eigenvalue weighted by Gasteiger charge is -2.28. The maximum absolute atomic E-state index is 3.46. The van der Waals surface area contributed by atoms with Crippen LogP contribution >= 0.6 is 0 Å². The molecule has 0 bridgehead atoms. The average Bonchev–Trinajstić information content (AvgIpc) is 2.15. The molecule has 2 heteroatoms. The number of hydrogen-bond acceptors (Lipinski definition) is 2. The van der Waals surface area contributed by atoms with Gasteiger partial charge in [-0.25, -0.2) is 0 Å². The van der Waals surface area contributed by atoms with E-state index in [1.165, 1.54) is 25.9 Å². The summed E-state index contributed by atoms with van der Waals surface area (Å²) >= 11 is 0. The highest BCUT2D eigenvalue weighted by atomic mass is 15.1. The molecular formula is C13H30N2. The lowest BCUT2D eigenvalue weighted by molar-refractivity contribution is 0.195. The third kappa shape index (κ3) is 8.88. The summed E-state index contributed by atoms with van der Waals surface area (Å²) in [5.41, 5.74) is 0. The quantitative estimate of drug-likeness (QED) is 0.594. The molecule has 0 unspecified atom stereocenters. The van der Waals surface area contributed by atoms with Crippen LogP contribution in [0.2, 0.25) is 0 Å². The molecule has 0 saturated carbocycles. The van der Waals surface area contributed by atoms with E-state index in [4.69, 9.17) is 0 Å². The van der Waals surface area contributed by atoms with Gasteiger partial charge in [0.1, 0.15) is 0 Å². The largest absolute Gasteiger partial charge is 0.317 e. The van der Waals surface area contributed by atoms with Gasteiger partial charge in [0.05, 0.1) is 0 Å². The minimum absolute atomic E-state index is 0.679. The van der Waals surface area contributed by atoms with E-state index in [9.17, 15) is 0 Å². The smallest absolute Gasteiger partial charge is 0.00387 e. The standard InChI is InChI=1S/C13H30N2/c1-6-8-14-9-7-10-15(13(4)5)11-12(2)3/h12-14H,6-11H2,1-5H3. The van der Waals surface area contributed by atoms with Crippen LogP contribution in [0.25, 0.3) is 0 Å². The Hall–Kier alpha value is -0.0800. The normalized spacial score (nSPS) is 12.0. The number of nitrogens with one attached hydrogen (secondary N) is 1. The Morgan fingerprint density at radius 3 is 2.20 bits per heavy atom. The Balaban J connectivity index is 3.58. The van der Waals surface area contributed by atoms with E-state index in [0.717, 1.165) is 19.0 Å². The van der Waals surface area contributed by atoms with Gasteiger partial charge < -0.3 is 10.2 Å². The van der Waals surface area contributed by atoms with Crippen LogP contribution in [-0.4, -0.2) is 37.1 Å². The zero-order valence-corrected chi connectivity index (χ0v) is 11.3. The molecule has 0 saturated heterocycles. The summed E-state index contributed by atoms with van der Waals surface area (Å²) in [5.74, 6) is 0.774. The molecule has 0 aliphatic carbocycles. The Labute approximate surface area is 96.4 Å². The van der Waals surface area contributed by atoms with Crippen LogP contribution in [-0.2, 0) is 0 Å². The Kier molecular flexibility index (Phi) is 9.12. The topological polar surface area (TPSA) is 15.3 Å². The first-order valence-electron chi connectivity index (χ1n) is 6.52. The third-order valence-electron chi connectivity index (χ3n) is 2.56. The molecular weight excluding hydrogens is 184 g/mol.